The molecule has 2 aliphatic rings. The van der Waals surface area contributed by atoms with Crippen LogP contribution in [0.5, 0.6) is 0 Å². The van der Waals surface area contributed by atoms with Crippen molar-refractivity contribution in [1.82, 2.24) is 9.80 Å². The number of amides is 1. The summed E-state index contributed by atoms with van der Waals surface area (Å²) in [5, 5.41) is 0. The molecule has 0 aromatic heterocycles. The maximum atomic E-state index is 12.4. The number of carbonyl (C=O) groups is 1. The van der Waals surface area contributed by atoms with E-state index in [0.717, 1.165) is 51.7 Å². The number of benzene rings is 1. The first-order chi connectivity index (χ1) is 10.6. The third-order valence-electron chi connectivity index (χ3n) is 5.12. The Hall–Kier alpha value is -0.810. The Bertz CT molecular complexity index is 522. The highest BCUT2D eigenvalue weighted by atomic mass is 35.5. The lowest BCUT2D eigenvalue weighted by Crippen LogP contribution is -2.53. The van der Waals surface area contributed by atoms with Gasteiger partial charge in [-0.1, -0.05) is 30.3 Å². The first-order valence-electron chi connectivity index (χ1n) is 8.41. The number of piperidine rings is 1. The number of halogens is 2. The SMILES string of the molecule is CN(C(=O)C1(N)CC1)C1CCCN(CCc2ccccc2)C1.Cl.Cl. The van der Waals surface area contributed by atoms with Crippen molar-refractivity contribution in [2.24, 2.45) is 5.73 Å². The van der Waals surface area contributed by atoms with Crippen LogP contribution >= 0.6 is 24.8 Å². The van der Waals surface area contributed by atoms with Crippen LogP contribution in [0, 0.1) is 0 Å². The molecule has 1 saturated carbocycles. The number of likely N-dealkylation sites (N-methyl/N-ethyl adjacent to an activating group) is 1. The lowest BCUT2D eigenvalue weighted by Gasteiger charge is -2.38. The zero-order valence-corrected chi connectivity index (χ0v) is 16.0. The predicted molar refractivity (Wildman–Crippen MR) is 103 cm³/mol. The van der Waals surface area contributed by atoms with Gasteiger partial charge in [0, 0.05) is 26.2 Å². The van der Waals surface area contributed by atoms with Gasteiger partial charge in [-0.25, -0.2) is 0 Å². The van der Waals surface area contributed by atoms with Crippen LogP contribution in [-0.2, 0) is 11.2 Å². The van der Waals surface area contributed by atoms with Gasteiger partial charge in [0.25, 0.3) is 0 Å². The van der Waals surface area contributed by atoms with Gasteiger partial charge in [-0.3, -0.25) is 4.79 Å². The Morgan fingerprint density at radius 3 is 2.58 bits per heavy atom. The second-order valence-corrected chi connectivity index (χ2v) is 6.90. The Balaban J connectivity index is 0.00000144. The molecule has 1 amide bonds. The average Bonchev–Trinajstić information content (AvgIpc) is 3.32. The quantitative estimate of drug-likeness (QED) is 0.862. The van der Waals surface area contributed by atoms with Crippen LogP contribution in [0.25, 0.3) is 0 Å². The van der Waals surface area contributed by atoms with Crippen LogP contribution in [0.1, 0.15) is 31.2 Å². The van der Waals surface area contributed by atoms with Gasteiger partial charge in [0.15, 0.2) is 0 Å². The third-order valence-corrected chi connectivity index (χ3v) is 5.12. The summed E-state index contributed by atoms with van der Waals surface area (Å²) >= 11 is 0. The fraction of sp³-hybridized carbons (Fsp3) is 0.611. The fourth-order valence-corrected chi connectivity index (χ4v) is 3.35. The van der Waals surface area contributed by atoms with Gasteiger partial charge in [0.05, 0.1) is 5.54 Å². The van der Waals surface area contributed by atoms with E-state index in [0.29, 0.717) is 6.04 Å². The monoisotopic (exact) mass is 373 g/mol. The lowest BCUT2D eigenvalue weighted by molar-refractivity contribution is -0.135. The zero-order chi connectivity index (χ0) is 15.6. The van der Waals surface area contributed by atoms with Crippen molar-refractivity contribution in [2.75, 3.05) is 26.7 Å². The number of carbonyl (C=O) groups excluding carboxylic acids is 1. The van der Waals surface area contributed by atoms with Crippen LogP contribution in [0.2, 0.25) is 0 Å². The smallest absolute Gasteiger partial charge is 0.242 e. The number of hydrogen-bond acceptors (Lipinski definition) is 3. The summed E-state index contributed by atoms with van der Waals surface area (Å²) in [5.41, 5.74) is 6.90. The van der Waals surface area contributed by atoms with Crippen LogP contribution < -0.4 is 5.73 Å². The van der Waals surface area contributed by atoms with Crippen LogP contribution in [0.4, 0.5) is 0 Å². The van der Waals surface area contributed by atoms with E-state index < -0.39 is 5.54 Å². The molecule has 1 aromatic carbocycles. The van der Waals surface area contributed by atoms with E-state index in [9.17, 15) is 4.79 Å². The van der Waals surface area contributed by atoms with Gasteiger partial charge in [0.2, 0.25) is 5.91 Å². The summed E-state index contributed by atoms with van der Waals surface area (Å²) in [6.45, 7) is 3.18. The van der Waals surface area contributed by atoms with Gasteiger partial charge in [-0.2, -0.15) is 0 Å². The van der Waals surface area contributed by atoms with Crippen molar-refractivity contribution >= 4 is 30.7 Å². The molecule has 0 bridgehead atoms. The molecule has 1 aliphatic carbocycles. The molecule has 1 aromatic rings. The number of likely N-dealkylation sites (tertiary alicyclic amines) is 1. The molecule has 136 valence electrons. The normalized spacial score (nSPS) is 22.0. The molecule has 1 unspecified atom stereocenters. The van der Waals surface area contributed by atoms with Gasteiger partial charge in [0.1, 0.15) is 0 Å². The van der Waals surface area contributed by atoms with Gasteiger partial charge < -0.3 is 15.5 Å². The van der Waals surface area contributed by atoms with Gasteiger partial charge in [-0.15, -0.1) is 24.8 Å². The molecule has 1 atom stereocenters. The average molecular weight is 374 g/mol. The topological polar surface area (TPSA) is 49.6 Å². The molecular formula is C18H29Cl2N3O. The summed E-state index contributed by atoms with van der Waals surface area (Å²) in [7, 11) is 1.93. The van der Waals surface area contributed by atoms with Crippen molar-refractivity contribution in [1.29, 1.82) is 0 Å². The number of nitrogens with zero attached hydrogens (tertiary/aromatic N) is 2. The minimum atomic E-state index is -0.541. The standard InChI is InChI=1S/C18H27N3O.2ClH/c1-20(17(22)18(19)10-11-18)16-8-5-12-21(14-16)13-9-15-6-3-2-4-7-15;;/h2-4,6-7,16H,5,8-14,19H2,1H3;2*1H. The zero-order valence-electron chi connectivity index (χ0n) is 14.3. The first kappa shape index (κ1) is 21.2. The summed E-state index contributed by atoms with van der Waals surface area (Å²) in [6.07, 6.45) is 5.03. The number of nitrogens with two attached hydrogens (primary N) is 1. The Kier molecular flexibility index (Phi) is 8.00. The van der Waals surface area contributed by atoms with Crippen molar-refractivity contribution in [3.63, 3.8) is 0 Å². The Morgan fingerprint density at radius 2 is 1.96 bits per heavy atom. The van der Waals surface area contributed by atoms with Crippen molar-refractivity contribution < 1.29 is 4.79 Å². The largest absolute Gasteiger partial charge is 0.340 e. The summed E-state index contributed by atoms with van der Waals surface area (Å²) < 4.78 is 0. The van der Waals surface area contributed by atoms with Gasteiger partial charge >= 0.3 is 0 Å². The van der Waals surface area contributed by atoms with E-state index in [2.05, 4.69) is 35.2 Å². The molecule has 0 spiro atoms. The molecule has 3 rings (SSSR count). The Morgan fingerprint density at radius 1 is 1.29 bits per heavy atom. The maximum absolute atomic E-state index is 12.4. The molecule has 6 heteroatoms. The molecule has 1 heterocycles. The van der Waals surface area contributed by atoms with Crippen molar-refractivity contribution in [3.8, 4) is 0 Å². The first-order valence-corrected chi connectivity index (χ1v) is 8.41. The molecule has 0 radical (unpaired) electrons. The molecule has 24 heavy (non-hydrogen) atoms. The minimum Gasteiger partial charge on any atom is -0.340 e. The molecule has 2 fully saturated rings. The second-order valence-electron chi connectivity index (χ2n) is 6.90. The summed E-state index contributed by atoms with van der Waals surface area (Å²) in [4.78, 5) is 16.8. The van der Waals surface area contributed by atoms with Crippen LogP contribution in [-0.4, -0.2) is 54.0 Å². The van der Waals surface area contributed by atoms with E-state index in [1.807, 2.05) is 11.9 Å². The van der Waals surface area contributed by atoms with E-state index in [1.165, 1.54) is 5.56 Å². The summed E-state index contributed by atoms with van der Waals surface area (Å²) in [6, 6.07) is 10.9. The molecule has 2 N–H and O–H groups in total. The highest BCUT2D eigenvalue weighted by Gasteiger charge is 2.48. The van der Waals surface area contributed by atoms with Crippen LogP contribution in [0.15, 0.2) is 30.3 Å². The number of hydrogen-bond donors (Lipinski definition) is 1. The van der Waals surface area contributed by atoms with E-state index >= 15 is 0 Å². The highest BCUT2D eigenvalue weighted by molar-refractivity contribution is 5.89. The van der Waals surface area contributed by atoms with Gasteiger partial charge in [-0.05, 0) is 44.2 Å². The highest BCUT2D eigenvalue weighted by Crippen LogP contribution is 2.34. The van der Waals surface area contributed by atoms with E-state index in [4.69, 9.17) is 5.73 Å². The molecule has 1 saturated heterocycles. The molecule has 4 nitrogen and oxygen atoms in total. The lowest BCUT2D eigenvalue weighted by atomic mass is 10.0. The second kappa shape index (κ2) is 9.04. The van der Waals surface area contributed by atoms with Crippen LogP contribution in [0.3, 0.4) is 0 Å². The minimum absolute atomic E-state index is 0. The van der Waals surface area contributed by atoms with E-state index in [1.54, 1.807) is 0 Å². The number of rotatable bonds is 5. The Labute approximate surface area is 157 Å². The molecule has 1 aliphatic heterocycles. The van der Waals surface area contributed by atoms with E-state index in [-0.39, 0.29) is 30.7 Å². The van der Waals surface area contributed by atoms with Crippen molar-refractivity contribution in [3.05, 3.63) is 35.9 Å². The fourth-order valence-electron chi connectivity index (χ4n) is 3.35. The van der Waals surface area contributed by atoms with Crippen molar-refractivity contribution in [2.45, 2.75) is 43.7 Å². The summed E-state index contributed by atoms with van der Waals surface area (Å²) in [5.74, 6) is 0.141. The predicted octanol–water partition coefficient (Wildman–Crippen LogP) is 2.49. The molecular weight excluding hydrogens is 345 g/mol. The third kappa shape index (κ3) is 5.09. The maximum Gasteiger partial charge on any atom is 0.242 e.